The number of carbonyl (C=O) groups is 4. The predicted octanol–water partition coefficient (Wildman–Crippen LogP) is 0.910. The molecule has 0 atom stereocenters. The molecule has 2 rings (SSSR count). The Morgan fingerprint density at radius 2 is 1.65 bits per heavy atom. The minimum atomic E-state index is -1.82. The molecule has 1 fully saturated rings. The van der Waals surface area contributed by atoms with Crippen molar-refractivity contribution in [2.45, 2.75) is 25.7 Å². The van der Waals surface area contributed by atoms with E-state index in [2.05, 4.69) is 22.1 Å². The van der Waals surface area contributed by atoms with Gasteiger partial charge in [-0.25, -0.2) is 9.59 Å². The Morgan fingerprint density at radius 3 is 2.23 bits per heavy atom. The Morgan fingerprint density at radius 1 is 1.03 bits per heavy atom. The monoisotopic (exact) mass is 431 g/mol. The maximum atomic E-state index is 12.0. The molecular weight excluding hydrogens is 402 g/mol. The van der Waals surface area contributed by atoms with Crippen LogP contribution in [0.2, 0.25) is 0 Å². The number of likely N-dealkylation sites (tertiary alicyclic amines) is 1. The molecular formula is C22H29N3O6. The third kappa shape index (κ3) is 11.4. The summed E-state index contributed by atoms with van der Waals surface area (Å²) in [5, 5.41) is 17.6. The third-order valence-electron chi connectivity index (χ3n) is 4.44. The van der Waals surface area contributed by atoms with Crippen LogP contribution < -0.4 is 5.32 Å². The normalized spacial score (nSPS) is 12.5. The average molecular weight is 431 g/mol. The molecule has 1 saturated heterocycles. The number of benzene rings is 1. The summed E-state index contributed by atoms with van der Waals surface area (Å²) in [7, 11) is 1.77. The molecule has 0 aliphatic carbocycles. The number of carbonyl (C=O) groups excluding carboxylic acids is 2. The zero-order chi connectivity index (χ0) is 23.1. The van der Waals surface area contributed by atoms with E-state index < -0.39 is 11.9 Å². The second kappa shape index (κ2) is 14.6. The topological polar surface area (TPSA) is 127 Å². The first-order valence-corrected chi connectivity index (χ1v) is 10.0. The predicted molar refractivity (Wildman–Crippen MR) is 114 cm³/mol. The Bertz CT molecular complexity index is 782. The van der Waals surface area contributed by atoms with Crippen LogP contribution in [0.1, 0.15) is 36.0 Å². The van der Waals surface area contributed by atoms with E-state index in [1.165, 1.54) is 12.8 Å². The Labute approximate surface area is 182 Å². The fraction of sp³-hybridized carbons (Fsp3) is 0.455. The molecule has 31 heavy (non-hydrogen) atoms. The van der Waals surface area contributed by atoms with Gasteiger partial charge in [-0.3, -0.25) is 14.5 Å². The highest BCUT2D eigenvalue weighted by Gasteiger charge is 2.10. The van der Waals surface area contributed by atoms with E-state index in [-0.39, 0.29) is 11.8 Å². The van der Waals surface area contributed by atoms with Crippen molar-refractivity contribution < 1.29 is 29.4 Å². The number of hydrogen-bond acceptors (Lipinski definition) is 5. The quantitative estimate of drug-likeness (QED) is 0.333. The van der Waals surface area contributed by atoms with E-state index >= 15 is 0 Å². The lowest BCUT2D eigenvalue weighted by Crippen LogP contribution is -2.29. The van der Waals surface area contributed by atoms with E-state index in [9.17, 15) is 9.59 Å². The molecule has 1 aliphatic heterocycles. The summed E-state index contributed by atoms with van der Waals surface area (Å²) in [6.07, 6.45) is 3.57. The lowest BCUT2D eigenvalue weighted by atomic mass is 10.2. The van der Waals surface area contributed by atoms with Crippen molar-refractivity contribution in [2.24, 2.45) is 0 Å². The molecule has 168 valence electrons. The lowest BCUT2D eigenvalue weighted by Gasteiger charge is -2.14. The van der Waals surface area contributed by atoms with Gasteiger partial charge in [-0.15, -0.1) is 0 Å². The van der Waals surface area contributed by atoms with Gasteiger partial charge in [-0.05, 0) is 44.5 Å². The van der Waals surface area contributed by atoms with E-state index in [1.54, 1.807) is 24.1 Å². The van der Waals surface area contributed by atoms with Gasteiger partial charge in [0.15, 0.2) is 0 Å². The molecule has 9 nitrogen and oxygen atoms in total. The zero-order valence-electron chi connectivity index (χ0n) is 17.7. The number of hydrogen-bond donors (Lipinski definition) is 3. The SMILES string of the molecule is CN(CC#CCN1CCCC1)C(=O)CCCNC(=O)c1ccccc1.O=C(O)C(=O)O. The molecule has 1 aliphatic rings. The smallest absolute Gasteiger partial charge is 0.414 e. The fourth-order valence-corrected chi connectivity index (χ4v) is 2.70. The second-order valence-electron chi connectivity index (χ2n) is 6.92. The summed E-state index contributed by atoms with van der Waals surface area (Å²) in [6.45, 7) is 4.03. The molecule has 0 unspecified atom stereocenters. The minimum absolute atomic E-state index is 0.0597. The van der Waals surface area contributed by atoms with Crippen LogP contribution in [-0.2, 0) is 14.4 Å². The van der Waals surface area contributed by atoms with Gasteiger partial charge >= 0.3 is 11.9 Å². The number of carboxylic acid groups (broad SMARTS) is 2. The van der Waals surface area contributed by atoms with E-state index in [0.29, 0.717) is 31.5 Å². The maximum Gasteiger partial charge on any atom is 0.414 e. The minimum Gasteiger partial charge on any atom is -0.473 e. The highest BCUT2D eigenvalue weighted by atomic mass is 16.4. The molecule has 9 heteroatoms. The van der Waals surface area contributed by atoms with Crippen molar-refractivity contribution in [3.8, 4) is 11.8 Å². The highest BCUT2D eigenvalue weighted by molar-refractivity contribution is 6.27. The van der Waals surface area contributed by atoms with Crippen LogP contribution in [-0.4, -0.2) is 83.5 Å². The lowest BCUT2D eigenvalue weighted by molar-refractivity contribution is -0.159. The van der Waals surface area contributed by atoms with Gasteiger partial charge in [0.1, 0.15) is 0 Å². The number of aliphatic carboxylic acids is 2. The molecule has 1 aromatic carbocycles. The van der Waals surface area contributed by atoms with Gasteiger partial charge in [-0.1, -0.05) is 30.0 Å². The van der Waals surface area contributed by atoms with Crippen LogP contribution in [0, 0.1) is 11.8 Å². The van der Waals surface area contributed by atoms with Crippen LogP contribution in [0.3, 0.4) is 0 Å². The van der Waals surface area contributed by atoms with E-state index in [0.717, 1.165) is 19.6 Å². The van der Waals surface area contributed by atoms with E-state index in [1.807, 2.05) is 18.2 Å². The third-order valence-corrected chi connectivity index (χ3v) is 4.44. The fourth-order valence-electron chi connectivity index (χ4n) is 2.70. The van der Waals surface area contributed by atoms with Crippen molar-refractivity contribution in [3.63, 3.8) is 0 Å². The van der Waals surface area contributed by atoms with Gasteiger partial charge in [0.2, 0.25) is 5.91 Å². The van der Waals surface area contributed by atoms with Crippen LogP contribution in [0.5, 0.6) is 0 Å². The van der Waals surface area contributed by atoms with Crippen molar-refractivity contribution in [3.05, 3.63) is 35.9 Å². The summed E-state index contributed by atoms with van der Waals surface area (Å²) in [5.41, 5.74) is 0.638. The standard InChI is InChI=1S/C20H27N3O2.C2H2O4/c1-22(14-5-6-15-23-16-7-8-17-23)19(24)12-9-13-21-20(25)18-10-3-2-4-11-18;3-1(4)2(5)6/h2-4,10-11H,7-9,12-17H2,1H3,(H,21,25);(H,3,4)(H,5,6). The van der Waals surface area contributed by atoms with Crippen LogP contribution in [0.4, 0.5) is 0 Å². The Hall–Kier alpha value is -3.38. The van der Waals surface area contributed by atoms with Crippen LogP contribution in [0.25, 0.3) is 0 Å². The molecule has 3 N–H and O–H groups in total. The van der Waals surface area contributed by atoms with Gasteiger partial charge in [-0.2, -0.15) is 0 Å². The molecule has 0 saturated carbocycles. The first kappa shape index (κ1) is 25.7. The first-order chi connectivity index (χ1) is 14.8. The molecule has 0 bridgehead atoms. The Kier molecular flexibility index (Phi) is 12.1. The number of rotatable bonds is 7. The maximum absolute atomic E-state index is 12.0. The largest absolute Gasteiger partial charge is 0.473 e. The summed E-state index contributed by atoms with van der Waals surface area (Å²) >= 11 is 0. The molecule has 2 amide bonds. The second-order valence-corrected chi connectivity index (χ2v) is 6.92. The number of carboxylic acids is 2. The summed E-state index contributed by atoms with van der Waals surface area (Å²) in [4.78, 5) is 46.1. The van der Waals surface area contributed by atoms with Gasteiger partial charge < -0.3 is 20.4 Å². The number of nitrogens with zero attached hydrogens (tertiary/aromatic N) is 2. The van der Waals surface area contributed by atoms with Crippen molar-refractivity contribution in [1.82, 2.24) is 15.1 Å². The van der Waals surface area contributed by atoms with Crippen LogP contribution >= 0.6 is 0 Å². The Balaban J connectivity index is 0.000000703. The number of amides is 2. The van der Waals surface area contributed by atoms with Gasteiger partial charge in [0.05, 0.1) is 13.1 Å². The van der Waals surface area contributed by atoms with Crippen molar-refractivity contribution in [1.29, 1.82) is 0 Å². The molecule has 0 radical (unpaired) electrons. The van der Waals surface area contributed by atoms with Crippen LogP contribution in [0.15, 0.2) is 30.3 Å². The molecule has 1 aromatic rings. The molecule has 0 aromatic heterocycles. The summed E-state index contributed by atoms with van der Waals surface area (Å²) < 4.78 is 0. The van der Waals surface area contributed by atoms with Crippen molar-refractivity contribution in [2.75, 3.05) is 39.8 Å². The van der Waals surface area contributed by atoms with Crippen molar-refractivity contribution >= 4 is 23.8 Å². The summed E-state index contributed by atoms with van der Waals surface area (Å²) in [5.74, 6) is 2.51. The van der Waals surface area contributed by atoms with E-state index in [4.69, 9.17) is 19.8 Å². The zero-order valence-corrected chi connectivity index (χ0v) is 17.7. The van der Waals surface area contributed by atoms with Gasteiger partial charge in [0, 0.05) is 25.6 Å². The number of nitrogens with one attached hydrogen (secondary N) is 1. The summed E-state index contributed by atoms with van der Waals surface area (Å²) in [6, 6.07) is 9.08. The molecule has 1 heterocycles. The van der Waals surface area contributed by atoms with Gasteiger partial charge in [0.25, 0.3) is 5.91 Å². The molecule has 0 spiro atoms. The average Bonchev–Trinajstić information content (AvgIpc) is 3.28. The first-order valence-electron chi connectivity index (χ1n) is 10.0. The highest BCUT2D eigenvalue weighted by Crippen LogP contribution is 2.05.